The van der Waals surface area contributed by atoms with Crippen LogP contribution in [0.5, 0.6) is 0 Å². The van der Waals surface area contributed by atoms with Crippen molar-refractivity contribution >= 4 is 81.6 Å². The summed E-state index contributed by atoms with van der Waals surface area (Å²) >= 11 is 0. The SMILES string of the molecule is CC1(C)c2ccccc2-c2nc(-n3c4ccccc4c4c5c6cc7ccccc7cc6n6c7ccccc7c(cc43)c56)nc3cccc1c23. The molecule has 7 aromatic carbocycles. The third kappa shape index (κ3) is 3.02. The molecule has 0 aliphatic heterocycles. The van der Waals surface area contributed by atoms with Crippen LogP contribution < -0.4 is 0 Å². The minimum atomic E-state index is -0.150. The molecule has 4 heteroatoms. The molecule has 1 aliphatic rings. The first-order chi connectivity index (χ1) is 24.1. The highest BCUT2D eigenvalue weighted by atomic mass is 15.2. The van der Waals surface area contributed by atoms with Crippen LogP contribution in [0, 0.1) is 0 Å². The predicted molar refractivity (Wildman–Crippen MR) is 204 cm³/mol. The Morgan fingerprint density at radius 2 is 1.20 bits per heavy atom. The molecule has 0 amide bonds. The topological polar surface area (TPSA) is 35.1 Å². The van der Waals surface area contributed by atoms with E-state index in [9.17, 15) is 0 Å². The van der Waals surface area contributed by atoms with E-state index in [0.717, 1.165) is 27.6 Å². The summed E-state index contributed by atoms with van der Waals surface area (Å²) in [6.07, 6.45) is 0. The number of aromatic nitrogens is 4. The van der Waals surface area contributed by atoms with Crippen LogP contribution >= 0.6 is 0 Å². The molecule has 0 spiro atoms. The van der Waals surface area contributed by atoms with Gasteiger partial charge in [0.1, 0.15) is 0 Å². The number of benzene rings is 7. The van der Waals surface area contributed by atoms with Gasteiger partial charge in [-0.1, -0.05) is 111 Å². The van der Waals surface area contributed by atoms with Crippen LogP contribution in [0.4, 0.5) is 0 Å². The minimum Gasteiger partial charge on any atom is -0.308 e. The molecular formula is C45H28N4. The van der Waals surface area contributed by atoms with Gasteiger partial charge in [-0.05, 0) is 58.3 Å². The Morgan fingerprint density at radius 3 is 2.08 bits per heavy atom. The molecule has 11 aromatic rings. The summed E-state index contributed by atoms with van der Waals surface area (Å²) in [5.74, 6) is 0.701. The van der Waals surface area contributed by atoms with Crippen LogP contribution in [0.15, 0.2) is 133 Å². The van der Waals surface area contributed by atoms with E-state index in [2.05, 4.69) is 156 Å². The van der Waals surface area contributed by atoms with Gasteiger partial charge in [0.15, 0.2) is 0 Å². The Bertz CT molecular complexity index is 3250. The van der Waals surface area contributed by atoms with Gasteiger partial charge in [-0.15, -0.1) is 0 Å². The second-order valence-electron chi connectivity index (χ2n) is 14.2. The number of hydrogen-bond donors (Lipinski definition) is 0. The molecule has 0 bridgehead atoms. The molecule has 0 saturated heterocycles. The lowest BCUT2D eigenvalue weighted by atomic mass is 9.70. The zero-order valence-electron chi connectivity index (χ0n) is 27.0. The van der Waals surface area contributed by atoms with Gasteiger partial charge >= 0.3 is 0 Å². The minimum absolute atomic E-state index is 0.150. The predicted octanol–water partition coefficient (Wildman–Crippen LogP) is 11.3. The Labute approximate surface area is 280 Å². The second-order valence-corrected chi connectivity index (χ2v) is 14.2. The summed E-state index contributed by atoms with van der Waals surface area (Å²) in [4.78, 5) is 10.9. The second kappa shape index (κ2) is 8.60. The van der Waals surface area contributed by atoms with Crippen molar-refractivity contribution in [2.24, 2.45) is 0 Å². The molecule has 0 unspecified atom stereocenters. The van der Waals surface area contributed by atoms with E-state index in [1.54, 1.807) is 0 Å². The van der Waals surface area contributed by atoms with Crippen LogP contribution in [0.1, 0.15) is 25.0 Å². The maximum absolute atomic E-state index is 5.51. The van der Waals surface area contributed by atoms with E-state index in [4.69, 9.17) is 9.97 Å². The average Bonchev–Trinajstić information content (AvgIpc) is 3.77. The van der Waals surface area contributed by atoms with Crippen molar-refractivity contribution < 1.29 is 0 Å². The zero-order chi connectivity index (χ0) is 32.2. The van der Waals surface area contributed by atoms with E-state index in [1.165, 1.54) is 76.3 Å². The van der Waals surface area contributed by atoms with E-state index < -0.39 is 0 Å². The van der Waals surface area contributed by atoms with E-state index in [1.807, 2.05) is 0 Å². The van der Waals surface area contributed by atoms with E-state index in [0.29, 0.717) is 5.95 Å². The summed E-state index contributed by atoms with van der Waals surface area (Å²) in [5, 5.41) is 11.2. The Kier molecular flexibility index (Phi) is 4.53. The highest BCUT2D eigenvalue weighted by Crippen LogP contribution is 2.50. The summed E-state index contributed by atoms with van der Waals surface area (Å²) in [6.45, 7) is 4.63. The number of nitrogens with zero attached hydrogens (tertiary/aromatic N) is 4. The molecule has 4 nitrogen and oxygen atoms in total. The molecule has 0 atom stereocenters. The summed E-state index contributed by atoms with van der Waals surface area (Å²) in [7, 11) is 0. The monoisotopic (exact) mass is 624 g/mol. The van der Waals surface area contributed by atoms with E-state index in [-0.39, 0.29) is 5.41 Å². The number of hydrogen-bond acceptors (Lipinski definition) is 2. The lowest BCUT2D eigenvalue weighted by Crippen LogP contribution is -2.24. The normalized spacial score (nSPS) is 14.1. The van der Waals surface area contributed by atoms with Crippen molar-refractivity contribution in [2.75, 3.05) is 0 Å². The van der Waals surface area contributed by atoms with Crippen LogP contribution in [0.2, 0.25) is 0 Å². The summed E-state index contributed by atoms with van der Waals surface area (Å²) < 4.78 is 4.81. The maximum atomic E-state index is 5.51. The highest BCUT2D eigenvalue weighted by molar-refractivity contribution is 6.36. The smallest absolute Gasteiger partial charge is 0.235 e. The standard InChI is InChI=1S/C45H28N4/c1-45(2)32-17-8-5-15-28(32)42-41-33(45)18-11-19-34(41)46-44(47-42)49-36-21-10-7-16-29(36)39-38(49)24-30-27-14-6-9-20-35(27)48-37-23-26-13-4-3-12-25(26)22-31(37)40(39)43(30)48/h3-24H,1-2H3. The summed E-state index contributed by atoms with van der Waals surface area (Å²) in [6, 6.07) is 48.8. The zero-order valence-corrected chi connectivity index (χ0v) is 27.0. The Balaban J connectivity index is 1.31. The van der Waals surface area contributed by atoms with Crippen molar-refractivity contribution in [3.05, 3.63) is 145 Å². The molecule has 4 heterocycles. The molecule has 12 rings (SSSR count). The molecule has 0 fully saturated rings. The fourth-order valence-electron chi connectivity index (χ4n) is 9.28. The van der Waals surface area contributed by atoms with Gasteiger partial charge in [0.2, 0.25) is 5.95 Å². The third-order valence-corrected chi connectivity index (χ3v) is 11.4. The quantitative estimate of drug-likeness (QED) is 0.182. The molecule has 0 saturated carbocycles. The van der Waals surface area contributed by atoms with Crippen LogP contribution in [-0.2, 0) is 5.41 Å². The lowest BCUT2D eigenvalue weighted by Gasteiger charge is -2.34. The lowest BCUT2D eigenvalue weighted by molar-refractivity contribution is 0.643. The van der Waals surface area contributed by atoms with Gasteiger partial charge in [-0.25, -0.2) is 9.97 Å². The Hall–Kier alpha value is -6.26. The van der Waals surface area contributed by atoms with Crippen molar-refractivity contribution in [2.45, 2.75) is 19.3 Å². The molecule has 49 heavy (non-hydrogen) atoms. The molecule has 4 aromatic heterocycles. The number of para-hydroxylation sites is 2. The van der Waals surface area contributed by atoms with Gasteiger partial charge in [0, 0.05) is 48.7 Å². The highest BCUT2D eigenvalue weighted by Gasteiger charge is 2.35. The van der Waals surface area contributed by atoms with Crippen molar-refractivity contribution in [1.29, 1.82) is 0 Å². The van der Waals surface area contributed by atoms with Gasteiger partial charge in [0.25, 0.3) is 0 Å². The fraction of sp³-hybridized carbons (Fsp3) is 0.0667. The number of fused-ring (bicyclic) bond motifs is 13. The largest absolute Gasteiger partial charge is 0.308 e. The Morgan fingerprint density at radius 1 is 0.490 bits per heavy atom. The molecular weight excluding hydrogens is 597 g/mol. The fourth-order valence-corrected chi connectivity index (χ4v) is 9.28. The van der Waals surface area contributed by atoms with Gasteiger partial charge < -0.3 is 4.40 Å². The maximum Gasteiger partial charge on any atom is 0.235 e. The summed E-state index contributed by atoms with van der Waals surface area (Å²) in [5.41, 5.74) is 11.6. The molecule has 1 aliphatic carbocycles. The van der Waals surface area contributed by atoms with Crippen molar-refractivity contribution in [3.63, 3.8) is 0 Å². The van der Waals surface area contributed by atoms with Crippen LogP contribution in [0.25, 0.3) is 98.8 Å². The van der Waals surface area contributed by atoms with Gasteiger partial charge in [-0.3, -0.25) is 4.57 Å². The first-order valence-electron chi connectivity index (χ1n) is 17.0. The van der Waals surface area contributed by atoms with Crippen molar-refractivity contribution in [1.82, 2.24) is 18.9 Å². The van der Waals surface area contributed by atoms with Crippen molar-refractivity contribution in [3.8, 4) is 17.2 Å². The van der Waals surface area contributed by atoms with Gasteiger partial charge in [-0.2, -0.15) is 0 Å². The van der Waals surface area contributed by atoms with E-state index >= 15 is 0 Å². The average molecular weight is 625 g/mol. The third-order valence-electron chi connectivity index (χ3n) is 11.4. The first-order valence-corrected chi connectivity index (χ1v) is 17.0. The number of rotatable bonds is 1. The van der Waals surface area contributed by atoms with Crippen LogP contribution in [0.3, 0.4) is 0 Å². The van der Waals surface area contributed by atoms with Crippen LogP contribution in [-0.4, -0.2) is 18.9 Å². The molecule has 0 radical (unpaired) electrons. The molecule has 228 valence electrons. The molecule has 0 N–H and O–H groups in total. The first kappa shape index (κ1) is 25.8. The van der Waals surface area contributed by atoms with Gasteiger partial charge in [0.05, 0.1) is 38.8 Å².